The van der Waals surface area contributed by atoms with Gasteiger partial charge in [0.05, 0.1) is 0 Å². The molecule has 51 heavy (non-hydrogen) atoms. The quantitative estimate of drug-likeness (QED) is 0.0744. The van der Waals surface area contributed by atoms with Crippen LogP contribution in [0.25, 0.3) is 0 Å². The van der Waals surface area contributed by atoms with Gasteiger partial charge in [0.25, 0.3) is 0 Å². The van der Waals surface area contributed by atoms with E-state index in [0.29, 0.717) is 6.42 Å². The van der Waals surface area contributed by atoms with Crippen molar-refractivity contribution in [3.05, 3.63) is 0 Å². The monoisotopic (exact) mass is 732 g/mol. The zero-order valence-electron chi connectivity index (χ0n) is 31.1. The van der Waals surface area contributed by atoms with Gasteiger partial charge >= 0.3 is 47.8 Å². The van der Waals surface area contributed by atoms with Crippen LogP contribution in [0.4, 0.5) is 0 Å². The number of unbranched alkanes of at least 4 members (excludes halogenated alkanes) is 10. The Hall–Kier alpha value is -4.24. The van der Waals surface area contributed by atoms with E-state index < -0.39 is 90.5 Å². The minimum absolute atomic E-state index is 0.145. The first kappa shape index (κ1) is 46.8. The first-order chi connectivity index (χ1) is 23.9. The number of rotatable bonds is 26. The molecule has 0 heterocycles. The predicted octanol–water partition coefficient (Wildman–Crippen LogP) is 4.29. The Morgan fingerprint density at radius 1 is 0.373 bits per heavy atom. The third-order valence-corrected chi connectivity index (χ3v) is 7.39. The first-order valence-electron chi connectivity index (χ1n) is 17.6. The summed E-state index contributed by atoms with van der Waals surface area (Å²) >= 11 is 0. The average Bonchev–Trinajstić information content (AvgIpc) is 3.06. The maximum atomic E-state index is 12.4. The largest absolute Gasteiger partial charge is 0.479 e. The maximum Gasteiger partial charge on any atom is 0.347 e. The molecule has 16 heteroatoms. The molecule has 1 N–H and O–H groups in total. The van der Waals surface area contributed by atoms with Crippen molar-refractivity contribution in [3.63, 3.8) is 0 Å². The molecular formula is C35H56O16. The van der Waals surface area contributed by atoms with Crippen molar-refractivity contribution in [2.45, 2.75) is 175 Å². The van der Waals surface area contributed by atoms with Crippen LogP contribution < -0.4 is 0 Å². The lowest BCUT2D eigenvalue weighted by molar-refractivity contribution is -0.188. The number of hydrogen-bond donors (Lipinski definition) is 1. The Morgan fingerprint density at radius 2 is 0.608 bits per heavy atom. The van der Waals surface area contributed by atoms with Gasteiger partial charge in [-0.2, -0.15) is 0 Å². The van der Waals surface area contributed by atoms with Crippen LogP contribution in [0.3, 0.4) is 0 Å². The molecule has 0 bridgehead atoms. The second-order valence-electron chi connectivity index (χ2n) is 12.2. The Kier molecular flexibility index (Phi) is 23.5. The first-order valence-corrected chi connectivity index (χ1v) is 17.6. The molecule has 292 valence electrons. The number of carbonyl (C=O) groups is 8. The van der Waals surface area contributed by atoms with Gasteiger partial charge in [0, 0.05) is 6.42 Å². The van der Waals surface area contributed by atoms with Crippen molar-refractivity contribution < 1.29 is 76.6 Å². The molecule has 0 aliphatic carbocycles. The minimum atomic E-state index is -1.58. The Morgan fingerprint density at radius 3 is 0.882 bits per heavy atom. The Bertz CT molecular complexity index is 1150. The summed E-state index contributed by atoms with van der Waals surface area (Å²) in [6.45, 7) is 10.3. The maximum absolute atomic E-state index is 12.4. The summed E-state index contributed by atoms with van der Waals surface area (Å²) < 4.78 is 34.3. The predicted molar refractivity (Wildman–Crippen MR) is 178 cm³/mol. The van der Waals surface area contributed by atoms with Crippen LogP contribution in [-0.4, -0.2) is 95.6 Å². The van der Waals surface area contributed by atoms with Crippen LogP contribution in [0, 0.1) is 0 Å². The molecule has 0 spiro atoms. The van der Waals surface area contributed by atoms with E-state index in [1.807, 2.05) is 0 Å². The van der Waals surface area contributed by atoms with Gasteiger partial charge in [0.2, 0.25) is 0 Å². The lowest BCUT2D eigenvalue weighted by Crippen LogP contribution is -2.39. The zero-order valence-corrected chi connectivity index (χ0v) is 31.1. The van der Waals surface area contributed by atoms with Gasteiger partial charge in [-0.1, -0.05) is 71.1 Å². The summed E-state index contributed by atoms with van der Waals surface area (Å²) in [6.07, 6.45) is 2.05. The van der Waals surface area contributed by atoms with Gasteiger partial charge in [-0.3, -0.25) is 4.79 Å². The number of carboxylic acids is 1. The number of esters is 7. The Balaban J connectivity index is 4.49. The summed E-state index contributed by atoms with van der Waals surface area (Å²) in [6, 6.07) is 0. The van der Waals surface area contributed by atoms with Gasteiger partial charge in [0.15, 0.2) is 42.7 Å². The molecule has 0 fully saturated rings. The third kappa shape index (κ3) is 20.9. The molecule has 16 nitrogen and oxygen atoms in total. The molecule has 0 amide bonds. The highest BCUT2D eigenvalue weighted by Gasteiger charge is 2.32. The van der Waals surface area contributed by atoms with E-state index in [4.69, 9.17) is 33.5 Å². The second kappa shape index (κ2) is 25.7. The van der Waals surface area contributed by atoms with E-state index in [1.165, 1.54) is 58.8 Å². The lowest BCUT2D eigenvalue weighted by Gasteiger charge is -2.21. The molecule has 0 radical (unpaired) electrons. The van der Waals surface area contributed by atoms with Gasteiger partial charge in [0.1, 0.15) is 0 Å². The van der Waals surface area contributed by atoms with Crippen LogP contribution in [0.5, 0.6) is 0 Å². The van der Waals surface area contributed by atoms with Crippen molar-refractivity contribution in [1.29, 1.82) is 0 Å². The minimum Gasteiger partial charge on any atom is -0.479 e. The van der Waals surface area contributed by atoms with E-state index in [1.54, 1.807) is 0 Å². The van der Waals surface area contributed by atoms with Gasteiger partial charge < -0.3 is 38.3 Å². The summed E-state index contributed by atoms with van der Waals surface area (Å²) in [7, 11) is 0. The van der Waals surface area contributed by atoms with Crippen LogP contribution in [-0.2, 0) is 71.5 Å². The highest BCUT2D eigenvalue weighted by atomic mass is 16.7. The molecule has 0 aromatic heterocycles. The molecule has 0 aliphatic heterocycles. The fourth-order valence-electron chi connectivity index (χ4n) is 4.15. The summed E-state index contributed by atoms with van der Waals surface area (Å²) in [5.41, 5.74) is 0. The normalized spacial score (nSPS) is 15.0. The lowest BCUT2D eigenvalue weighted by atomic mass is 10.1. The van der Waals surface area contributed by atoms with E-state index >= 15 is 0 Å². The molecular weight excluding hydrogens is 676 g/mol. The SMILES string of the molecule is CCCCCCCCCCCCCC(=O)OC(C)C(=O)OC(C)C(=O)OC(C)C(=O)OC(C)C(=O)OC(C)C(=O)OC(C)C(=O)OC(C)C(=O)O. The number of ether oxygens (including phenoxy) is 7. The topological polar surface area (TPSA) is 221 Å². The van der Waals surface area contributed by atoms with Crippen molar-refractivity contribution in [1.82, 2.24) is 0 Å². The standard InChI is InChI=1S/C35H56O16/c1-9-10-11-12-13-14-15-16-17-18-19-20-28(36)45-22(3)30(39)47-24(5)32(41)49-26(7)34(43)51-27(8)35(44)50-25(6)33(42)48-23(4)31(40)46-21(2)29(37)38/h21-27H,9-20H2,1-8H3,(H,37,38). The van der Waals surface area contributed by atoms with Crippen LogP contribution in [0.2, 0.25) is 0 Å². The highest BCUT2D eigenvalue weighted by molar-refractivity contribution is 5.87. The van der Waals surface area contributed by atoms with E-state index in [-0.39, 0.29) is 6.42 Å². The summed E-state index contributed by atoms with van der Waals surface area (Å²) in [5, 5.41) is 8.80. The summed E-state index contributed by atoms with van der Waals surface area (Å²) in [4.78, 5) is 96.5. The van der Waals surface area contributed by atoms with Crippen molar-refractivity contribution in [3.8, 4) is 0 Å². The Labute approximate surface area is 299 Å². The molecule has 7 unspecified atom stereocenters. The fourth-order valence-corrected chi connectivity index (χ4v) is 4.15. The smallest absolute Gasteiger partial charge is 0.347 e. The number of aliphatic carboxylic acids is 1. The van der Waals surface area contributed by atoms with Crippen LogP contribution in [0.1, 0.15) is 132 Å². The van der Waals surface area contributed by atoms with E-state index in [2.05, 4.69) is 11.7 Å². The van der Waals surface area contributed by atoms with Crippen LogP contribution in [0.15, 0.2) is 0 Å². The molecule has 0 saturated carbocycles. The highest BCUT2D eigenvalue weighted by Crippen LogP contribution is 2.13. The van der Waals surface area contributed by atoms with Gasteiger partial charge in [-0.05, 0) is 54.9 Å². The fraction of sp³-hybridized carbons (Fsp3) is 0.771. The summed E-state index contributed by atoms with van der Waals surface area (Å²) in [5.74, 6) is -8.77. The number of hydrogen-bond acceptors (Lipinski definition) is 15. The van der Waals surface area contributed by atoms with Crippen molar-refractivity contribution in [2.75, 3.05) is 0 Å². The average molecular weight is 733 g/mol. The molecule has 7 atom stereocenters. The molecule has 0 aromatic rings. The van der Waals surface area contributed by atoms with Gasteiger partial charge in [-0.15, -0.1) is 0 Å². The van der Waals surface area contributed by atoms with E-state index in [9.17, 15) is 38.4 Å². The van der Waals surface area contributed by atoms with Crippen LogP contribution >= 0.6 is 0 Å². The third-order valence-electron chi connectivity index (χ3n) is 7.39. The van der Waals surface area contributed by atoms with Crippen molar-refractivity contribution in [2.24, 2.45) is 0 Å². The number of carboxylic acid groups (broad SMARTS) is 1. The second-order valence-corrected chi connectivity index (χ2v) is 12.2. The zero-order chi connectivity index (χ0) is 39.1. The number of carbonyl (C=O) groups excluding carboxylic acids is 7. The molecule has 0 rings (SSSR count). The van der Waals surface area contributed by atoms with E-state index in [0.717, 1.165) is 53.9 Å². The molecule has 0 aromatic carbocycles. The van der Waals surface area contributed by atoms with Gasteiger partial charge in [-0.25, -0.2) is 33.6 Å². The van der Waals surface area contributed by atoms with Crippen molar-refractivity contribution >= 4 is 47.8 Å². The molecule has 0 saturated heterocycles. The molecule has 0 aliphatic rings.